The van der Waals surface area contributed by atoms with Crippen molar-refractivity contribution in [2.24, 2.45) is 7.05 Å². The predicted molar refractivity (Wildman–Crippen MR) is 60.1 cm³/mol. The second-order valence-corrected chi connectivity index (χ2v) is 3.67. The highest BCUT2D eigenvalue weighted by atomic mass is 16.5. The minimum absolute atomic E-state index is 0.173. The molecular weight excluding hydrogens is 206 g/mol. The molecule has 0 unspecified atom stereocenters. The molecule has 1 aromatic rings. The lowest BCUT2D eigenvalue weighted by Crippen LogP contribution is -2.07. The van der Waals surface area contributed by atoms with Gasteiger partial charge in [-0.15, -0.1) is 0 Å². The van der Waals surface area contributed by atoms with Gasteiger partial charge in [0.1, 0.15) is 5.76 Å². The molecule has 4 heteroatoms. The molecule has 0 atom stereocenters. The SMILES string of the molecule is [3H]c1c(C(=O)OC)c2c(n1C)CCC=C2OC. The molecule has 1 aliphatic carbocycles. The van der Waals surface area contributed by atoms with Crippen LogP contribution in [0, 0.1) is 0 Å². The van der Waals surface area contributed by atoms with Crippen LogP contribution in [-0.4, -0.2) is 24.8 Å². The van der Waals surface area contributed by atoms with E-state index in [2.05, 4.69) is 0 Å². The molecule has 0 fully saturated rings. The monoisotopic (exact) mass is 223 g/mol. The Morgan fingerprint density at radius 3 is 2.94 bits per heavy atom. The highest BCUT2D eigenvalue weighted by molar-refractivity contribution is 5.95. The van der Waals surface area contributed by atoms with Crippen molar-refractivity contribution in [1.82, 2.24) is 4.57 Å². The number of aromatic nitrogens is 1. The van der Waals surface area contributed by atoms with Crippen LogP contribution in [0.5, 0.6) is 0 Å². The quantitative estimate of drug-likeness (QED) is 0.717. The van der Waals surface area contributed by atoms with Gasteiger partial charge in [-0.2, -0.15) is 0 Å². The molecule has 0 saturated heterocycles. The average molecular weight is 223 g/mol. The Balaban J connectivity index is 2.69. The highest BCUT2D eigenvalue weighted by Crippen LogP contribution is 2.31. The molecule has 4 nitrogen and oxygen atoms in total. The van der Waals surface area contributed by atoms with E-state index in [0.717, 1.165) is 18.5 Å². The van der Waals surface area contributed by atoms with Gasteiger partial charge in [-0.3, -0.25) is 0 Å². The van der Waals surface area contributed by atoms with Crippen molar-refractivity contribution < 1.29 is 15.6 Å². The first-order valence-electron chi connectivity index (χ1n) is 5.62. The van der Waals surface area contributed by atoms with Crippen LogP contribution in [0.25, 0.3) is 5.76 Å². The molecule has 0 N–H and O–H groups in total. The number of hydrogen-bond donors (Lipinski definition) is 0. The summed E-state index contributed by atoms with van der Waals surface area (Å²) < 4.78 is 19.7. The van der Waals surface area contributed by atoms with Gasteiger partial charge >= 0.3 is 5.97 Å². The third-order valence-electron chi connectivity index (χ3n) is 2.79. The standard InChI is InChI=1S/C12H15NO3/c1-13-7-8(12(14)16-3)11-9(13)5-4-6-10(11)15-2/h6-7H,4-5H2,1-3H3/i7T. The largest absolute Gasteiger partial charge is 0.496 e. The maximum Gasteiger partial charge on any atom is 0.340 e. The minimum Gasteiger partial charge on any atom is -0.496 e. The highest BCUT2D eigenvalue weighted by Gasteiger charge is 2.25. The second-order valence-electron chi connectivity index (χ2n) is 3.67. The third-order valence-corrected chi connectivity index (χ3v) is 2.79. The average Bonchev–Trinajstić information content (AvgIpc) is 2.61. The summed E-state index contributed by atoms with van der Waals surface area (Å²) in [4.78, 5) is 11.7. The van der Waals surface area contributed by atoms with E-state index in [9.17, 15) is 4.79 Å². The Kier molecular flexibility index (Phi) is 2.40. The van der Waals surface area contributed by atoms with Crippen LogP contribution in [0.1, 0.15) is 29.4 Å². The summed E-state index contributed by atoms with van der Waals surface area (Å²) in [5, 5.41) is 0. The number of ether oxygens (including phenoxy) is 2. The Labute approximate surface area is 95.9 Å². The zero-order chi connectivity index (χ0) is 12.6. The van der Waals surface area contributed by atoms with Crippen LogP contribution < -0.4 is 0 Å². The van der Waals surface area contributed by atoms with Crippen molar-refractivity contribution in [3.63, 3.8) is 0 Å². The van der Waals surface area contributed by atoms with Crippen molar-refractivity contribution in [2.75, 3.05) is 14.2 Å². The van der Waals surface area contributed by atoms with Crippen LogP contribution in [0.4, 0.5) is 0 Å². The predicted octanol–water partition coefficient (Wildman–Crippen LogP) is 1.75. The van der Waals surface area contributed by atoms with Gasteiger partial charge in [-0.1, -0.05) is 0 Å². The van der Waals surface area contributed by atoms with Gasteiger partial charge in [-0.25, -0.2) is 4.79 Å². The minimum atomic E-state index is -0.489. The van der Waals surface area contributed by atoms with Gasteiger partial charge < -0.3 is 14.0 Å². The zero-order valence-electron chi connectivity index (χ0n) is 10.7. The fraction of sp³-hybridized carbons (Fsp3) is 0.417. The summed E-state index contributed by atoms with van der Waals surface area (Å²) >= 11 is 0. The van der Waals surface area contributed by atoms with Crippen molar-refractivity contribution in [3.05, 3.63) is 29.1 Å². The number of nitrogens with zero attached hydrogens (tertiary/aromatic N) is 1. The second kappa shape index (κ2) is 4.04. The van der Waals surface area contributed by atoms with E-state index in [-0.39, 0.29) is 11.7 Å². The Hall–Kier alpha value is -1.71. The van der Waals surface area contributed by atoms with E-state index in [1.807, 2.05) is 6.08 Å². The lowest BCUT2D eigenvalue weighted by molar-refractivity contribution is 0.0600. The van der Waals surface area contributed by atoms with Gasteiger partial charge in [0, 0.05) is 18.9 Å². The topological polar surface area (TPSA) is 40.5 Å². The molecule has 0 spiro atoms. The Morgan fingerprint density at radius 1 is 1.56 bits per heavy atom. The molecule has 2 rings (SSSR count). The maximum atomic E-state index is 11.7. The van der Waals surface area contributed by atoms with Crippen molar-refractivity contribution in [3.8, 4) is 0 Å². The Morgan fingerprint density at radius 2 is 2.31 bits per heavy atom. The summed E-state index contributed by atoms with van der Waals surface area (Å²) in [6, 6.07) is 0. The fourth-order valence-electron chi connectivity index (χ4n) is 2.04. The van der Waals surface area contributed by atoms with E-state index < -0.39 is 5.97 Å². The Bertz CT molecular complexity index is 502. The lowest BCUT2D eigenvalue weighted by atomic mass is 10.00. The molecule has 0 amide bonds. The van der Waals surface area contributed by atoms with Gasteiger partial charge in [0.15, 0.2) is 0 Å². The van der Waals surface area contributed by atoms with Crippen LogP contribution in [0.2, 0.25) is 0 Å². The number of carbonyl (C=O) groups is 1. The van der Waals surface area contributed by atoms with E-state index >= 15 is 0 Å². The molecular formula is C12H15NO3. The molecule has 16 heavy (non-hydrogen) atoms. The number of rotatable bonds is 2. The van der Waals surface area contributed by atoms with E-state index in [4.69, 9.17) is 10.8 Å². The van der Waals surface area contributed by atoms with Gasteiger partial charge in [0.25, 0.3) is 0 Å². The number of esters is 1. The molecule has 1 heterocycles. The first-order valence-corrected chi connectivity index (χ1v) is 5.12. The van der Waals surface area contributed by atoms with Crippen LogP contribution in [0.15, 0.2) is 12.2 Å². The van der Waals surface area contributed by atoms with Crippen molar-refractivity contribution in [1.29, 1.82) is 0 Å². The number of methoxy groups -OCH3 is 2. The maximum absolute atomic E-state index is 11.7. The smallest absolute Gasteiger partial charge is 0.340 e. The zero-order valence-corrected chi connectivity index (χ0v) is 9.66. The van der Waals surface area contributed by atoms with Crippen LogP contribution >= 0.6 is 0 Å². The number of hydrogen-bond acceptors (Lipinski definition) is 3. The summed E-state index contributed by atoms with van der Waals surface area (Å²) in [5.74, 6) is 0.164. The molecule has 0 aromatic carbocycles. The van der Waals surface area contributed by atoms with E-state index in [1.54, 1.807) is 18.7 Å². The van der Waals surface area contributed by atoms with E-state index in [0.29, 0.717) is 11.3 Å². The molecule has 86 valence electrons. The van der Waals surface area contributed by atoms with Gasteiger partial charge in [-0.05, 0) is 18.9 Å². The van der Waals surface area contributed by atoms with Crippen LogP contribution in [-0.2, 0) is 22.9 Å². The first-order chi connectivity index (χ1) is 8.11. The number of allylic oxidation sites excluding steroid dienone is 1. The first kappa shape index (κ1) is 9.51. The third kappa shape index (κ3) is 1.50. The van der Waals surface area contributed by atoms with Crippen molar-refractivity contribution in [2.45, 2.75) is 12.8 Å². The molecule has 1 aromatic heterocycles. The van der Waals surface area contributed by atoms with Crippen LogP contribution in [0.3, 0.4) is 0 Å². The van der Waals surface area contributed by atoms with Gasteiger partial charge in [0.05, 0.1) is 26.7 Å². The van der Waals surface area contributed by atoms with E-state index in [1.165, 1.54) is 7.11 Å². The molecule has 0 aliphatic heterocycles. The molecule has 0 saturated carbocycles. The number of carbonyl (C=O) groups excluding carboxylic acids is 1. The van der Waals surface area contributed by atoms with Crippen molar-refractivity contribution >= 4 is 11.7 Å². The summed E-state index contributed by atoms with van der Waals surface area (Å²) in [6.45, 7) is 0. The summed E-state index contributed by atoms with van der Waals surface area (Å²) in [6.07, 6.45) is 3.77. The van der Waals surface area contributed by atoms with Gasteiger partial charge in [0.2, 0.25) is 0 Å². The number of fused-ring (bicyclic) bond motifs is 1. The molecule has 0 radical (unpaired) electrons. The molecule has 0 bridgehead atoms. The summed E-state index contributed by atoms with van der Waals surface area (Å²) in [5.41, 5.74) is 1.95. The normalized spacial score (nSPS) is 14.9. The fourth-order valence-corrected chi connectivity index (χ4v) is 2.04. The lowest BCUT2D eigenvalue weighted by Gasteiger charge is -2.15. The molecule has 1 aliphatic rings. The summed E-state index contributed by atoms with van der Waals surface area (Å²) in [7, 11) is 4.67.